The van der Waals surface area contributed by atoms with Crippen molar-refractivity contribution < 1.29 is 14.5 Å². The fraction of sp³-hybridized carbons (Fsp3) is 0.154. The second-order valence-electron chi connectivity index (χ2n) is 8.49. The van der Waals surface area contributed by atoms with E-state index in [1.165, 1.54) is 35.6 Å². The Morgan fingerprint density at radius 3 is 2.26 bits per heavy atom. The summed E-state index contributed by atoms with van der Waals surface area (Å²) in [6.07, 6.45) is 0.234. The van der Waals surface area contributed by atoms with Crippen molar-refractivity contribution in [2.75, 3.05) is 29.6 Å². The molecule has 38 heavy (non-hydrogen) atoms. The van der Waals surface area contributed by atoms with Crippen molar-refractivity contribution in [1.29, 1.82) is 0 Å². The molecule has 3 N–H and O–H groups in total. The van der Waals surface area contributed by atoms with Crippen LogP contribution in [0, 0.1) is 10.1 Å². The van der Waals surface area contributed by atoms with E-state index in [1.807, 2.05) is 73.6 Å². The van der Waals surface area contributed by atoms with Crippen LogP contribution in [-0.2, 0) is 11.2 Å². The Hall–Kier alpha value is -4.84. The van der Waals surface area contributed by atoms with Gasteiger partial charge in [0, 0.05) is 49.6 Å². The molecule has 0 fully saturated rings. The zero-order valence-electron chi connectivity index (χ0n) is 20.6. The molecule has 194 valence electrons. The molecule has 4 aromatic rings. The highest BCUT2D eigenvalue weighted by molar-refractivity contribution is 7.18. The second-order valence-corrected chi connectivity index (χ2v) is 9.47. The standard InChI is InChI=1S/C26H25N7O4S/c1-32(2)20-12-8-18(9-13-20)24-30-31-26(38-24)29-23(34)22(16-17-6-4-3-5-7-17)28-25(35)27-19-10-14-21(15-11-19)33(36)37/h3-15,22H,16H2,1-2H3,(H2,27,28,35)(H,29,31,34). The maximum Gasteiger partial charge on any atom is 0.319 e. The number of nitro benzene ring substituents is 1. The molecular weight excluding hydrogens is 506 g/mol. The molecular formula is C26H25N7O4S. The highest BCUT2D eigenvalue weighted by Crippen LogP contribution is 2.28. The summed E-state index contributed by atoms with van der Waals surface area (Å²) in [4.78, 5) is 38.2. The Balaban J connectivity index is 1.45. The molecule has 1 atom stereocenters. The van der Waals surface area contributed by atoms with Crippen LogP contribution in [0.3, 0.4) is 0 Å². The monoisotopic (exact) mass is 531 g/mol. The number of aromatic nitrogens is 2. The minimum Gasteiger partial charge on any atom is -0.378 e. The number of non-ortho nitro benzene ring substituents is 1. The highest BCUT2D eigenvalue weighted by atomic mass is 32.1. The molecule has 0 aliphatic carbocycles. The van der Waals surface area contributed by atoms with Crippen molar-refractivity contribution >= 4 is 45.5 Å². The molecule has 0 saturated carbocycles. The van der Waals surface area contributed by atoms with Gasteiger partial charge in [0.15, 0.2) is 0 Å². The topological polar surface area (TPSA) is 142 Å². The zero-order chi connectivity index (χ0) is 27.1. The van der Waals surface area contributed by atoms with Crippen molar-refractivity contribution in [3.05, 3.63) is 94.5 Å². The van der Waals surface area contributed by atoms with Gasteiger partial charge in [-0.1, -0.05) is 41.7 Å². The number of anilines is 3. The lowest BCUT2D eigenvalue weighted by molar-refractivity contribution is -0.384. The van der Waals surface area contributed by atoms with Gasteiger partial charge in [0.2, 0.25) is 11.0 Å². The number of nitrogens with one attached hydrogen (secondary N) is 3. The summed E-state index contributed by atoms with van der Waals surface area (Å²) in [5.74, 6) is -0.460. The summed E-state index contributed by atoms with van der Waals surface area (Å²) < 4.78 is 0. The van der Waals surface area contributed by atoms with E-state index in [2.05, 4.69) is 26.1 Å². The minimum atomic E-state index is -0.929. The van der Waals surface area contributed by atoms with E-state index in [1.54, 1.807) is 0 Å². The number of hydrogen-bond donors (Lipinski definition) is 3. The summed E-state index contributed by atoms with van der Waals surface area (Å²) in [6.45, 7) is 0. The van der Waals surface area contributed by atoms with Gasteiger partial charge >= 0.3 is 6.03 Å². The van der Waals surface area contributed by atoms with Gasteiger partial charge in [-0.2, -0.15) is 0 Å². The van der Waals surface area contributed by atoms with E-state index in [0.29, 0.717) is 15.8 Å². The smallest absolute Gasteiger partial charge is 0.319 e. The van der Waals surface area contributed by atoms with Crippen LogP contribution in [-0.4, -0.2) is 47.2 Å². The summed E-state index contributed by atoms with van der Waals surface area (Å²) in [5, 5.41) is 28.1. The van der Waals surface area contributed by atoms with Gasteiger partial charge in [-0.3, -0.25) is 20.2 Å². The average Bonchev–Trinajstić information content (AvgIpc) is 3.37. The number of amides is 3. The molecule has 0 radical (unpaired) electrons. The normalized spacial score (nSPS) is 11.3. The van der Waals surface area contributed by atoms with E-state index in [9.17, 15) is 19.7 Å². The summed E-state index contributed by atoms with van der Waals surface area (Å²) in [6, 6.07) is 20.9. The largest absolute Gasteiger partial charge is 0.378 e. The quantitative estimate of drug-likeness (QED) is 0.212. The molecule has 0 bridgehead atoms. The summed E-state index contributed by atoms with van der Waals surface area (Å²) in [5.41, 5.74) is 3.02. The van der Waals surface area contributed by atoms with Crippen LogP contribution in [0.25, 0.3) is 10.6 Å². The van der Waals surface area contributed by atoms with Crippen LogP contribution in [0.4, 0.5) is 27.0 Å². The van der Waals surface area contributed by atoms with E-state index >= 15 is 0 Å². The molecule has 3 aromatic carbocycles. The third kappa shape index (κ3) is 6.89. The van der Waals surface area contributed by atoms with E-state index < -0.39 is 22.9 Å². The third-order valence-corrected chi connectivity index (χ3v) is 6.41. The Labute approximate surface area is 222 Å². The van der Waals surface area contributed by atoms with E-state index in [0.717, 1.165) is 16.8 Å². The number of rotatable bonds is 9. The number of nitro groups is 1. The molecule has 0 saturated heterocycles. The van der Waals surface area contributed by atoms with Crippen molar-refractivity contribution in [2.24, 2.45) is 0 Å². The summed E-state index contributed by atoms with van der Waals surface area (Å²) >= 11 is 1.23. The van der Waals surface area contributed by atoms with Crippen molar-refractivity contribution in [1.82, 2.24) is 15.5 Å². The SMILES string of the molecule is CN(C)c1ccc(-c2nnc(NC(=O)C(Cc3ccccc3)NC(=O)Nc3ccc([N+](=O)[O-])cc3)s2)cc1. The number of hydrogen-bond acceptors (Lipinski definition) is 8. The van der Waals surface area contributed by atoms with Gasteiger partial charge in [0.25, 0.3) is 5.69 Å². The minimum absolute atomic E-state index is 0.0950. The van der Waals surface area contributed by atoms with Crippen molar-refractivity contribution in [3.63, 3.8) is 0 Å². The fourth-order valence-corrected chi connectivity index (χ4v) is 4.29. The van der Waals surface area contributed by atoms with Crippen LogP contribution in [0.1, 0.15) is 5.56 Å². The molecule has 3 amide bonds. The number of nitrogens with zero attached hydrogens (tertiary/aromatic N) is 4. The van der Waals surface area contributed by atoms with Gasteiger partial charge in [-0.05, 0) is 42.0 Å². The lowest BCUT2D eigenvalue weighted by Crippen LogP contribution is -2.46. The first-order valence-corrected chi connectivity index (χ1v) is 12.4. The fourth-order valence-electron chi connectivity index (χ4n) is 3.54. The molecule has 11 nitrogen and oxygen atoms in total. The van der Waals surface area contributed by atoms with Gasteiger partial charge in [-0.15, -0.1) is 10.2 Å². The molecule has 0 spiro atoms. The molecule has 12 heteroatoms. The first kappa shape index (κ1) is 26.2. The maximum atomic E-state index is 13.2. The third-order valence-electron chi connectivity index (χ3n) is 5.53. The van der Waals surface area contributed by atoms with Gasteiger partial charge in [0.1, 0.15) is 11.0 Å². The molecule has 1 unspecified atom stereocenters. The number of carbonyl (C=O) groups excluding carboxylic acids is 2. The average molecular weight is 532 g/mol. The predicted octanol–water partition coefficient (Wildman–Crippen LogP) is 4.55. The molecule has 0 aliphatic heterocycles. The van der Waals surface area contributed by atoms with Gasteiger partial charge < -0.3 is 15.5 Å². The van der Waals surface area contributed by atoms with Gasteiger partial charge in [0.05, 0.1) is 4.92 Å². The molecule has 1 aromatic heterocycles. The first-order chi connectivity index (χ1) is 18.3. The van der Waals surface area contributed by atoms with Crippen LogP contribution >= 0.6 is 11.3 Å². The highest BCUT2D eigenvalue weighted by Gasteiger charge is 2.23. The van der Waals surface area contributed by atoms with Crippen molar-refractivity contribution in [3.8, 4) is 10.6 Å². The Morgan fingerprint density at radius 2 is 1.63 bits per heavy atom. The summed E-state index contributed by atoms with van der Waals surface area (Å²) in [7, 11) is 3.92. The number of urea groups is 1. The van der Waals surface area contributed by atoms with Crippen LogP contribution in [0.15, 0.2) is 78.9 Å². The lowest BCUT2D eigenvalue weighted by atomic mass is 10.1. The van der Waals surface area contributed by atoms with Crippen LogP contribution < -0.4 is 20.9 Å². The maximum absolute atomic E-state index is 13.2. The van der Waals surface area contributed by atoms with E-state index in [-0.39, 0.29) is 12.1 Å². The molecule has 4 rings (SSSR count). The molecule has 0 aliphatic rings. The first-order valence-electron chi connectivity index (χ1n) is 11.6. The van der Waals surface area contributed by atoms with E-state index in [4.69, 9.17) is 0 Å². The number of carbonyl (C=O) groups is 2. The Bertz CT molecular complexity index is 1410. The predicted molar refractivity (Wildman–Crippen MR) is 147 cm³/mol. The number of benzene rings is 3. The van der Waals surface area contributed by atoms with Crippen molar-refractivity contribution in [2.45, 2.75) is 12.5 Å². The Morgan fingerprint density at radius 1 is 0.947 bits per heavy atom. The Kier molecular flexibility index (Phi) is 8.23. The zero-order valence-corrected chi connectivity index (χ0v) is 21.4. The lowest BCUT2D eigenvalue weighted by Gasteiger charge is -2.18. The van der Waals surface area contributed by atoms with Gasteiger partial charge in [-0.25, -0.2) is 4.79 Å². The molecule has 1 heterocycles. The second kappa shape index (κ2) is 11.9. The van der Waals surface area contributed by atoms with Crippen LogP contribution in [0.5, 0.6) is 0 Å². The van der Waals surface area contributed by atoms with Crippen LogP contribution in [0.2, 0.25) is 0 Å².